The first-order chi connectivity index (χ1) is 14.6. The number of piperidine rings is 1. The largest absolute Gasteiger partial charge is 0.376 e. The highest BCUT2D eigenvalue weighted by Crippen LogP contribution is 2.18. The van der Waals surface area contributed by atoms with Crippen LogP contribution in [-0.4, -0.2) is 74.9 Å². The molecule has 2 aliphatic heterocycles. The van der Waals surface area contributed by atoms with E-state index in [-0.39, 0.29) is 24.0 Å². The van der Waals surface area contributed by atoms with Gasteiger partial charge in [0.1, 0.15) is 0 Å². The molecule has 0 amide bonds. The lowest BCUT2D eigenvalue weighted by Gasteiger charge is -2.35. The molecule has 1 aromatic rings. The Kier molecular flexibility index (Phi) is 12.1. The Bertz CT molecular complexity index is 639. The molecular formula is C24H41IN4O2. The minimum absolute atomic E-state index is 0. The van der Waals surface area contributed by atoms with Gasteiger partial charge in [0.25, 0.3) is 0 Å². The average molecular weight is 545 g/mol. The summed E-state index contributed by atoms with van der Waals surface area (Å²) in [4.78, 5) is 9.47. The molecule has 2 aliphatic rings. The zero-order valence-electron chi connectivity index (χ0n) is 19.5. The van der Waals surface area contributed by atoms with Crippen molar-refractivity contribution in [3.05, 3.63) is 35.4 Å². The molecule has 31 heavy (non-hydrogen) atoms. The molecule has 0 bridgehead atoms. The van der Waals surface area contributed by atoms with Gasteiger partial charge in [0.05, 0.1) is 25.4 Å². The zero-order chi connectivity index (χ0) is 21.2. The van der Waals surface area contributed by atoms with Crippen molar-refractivity contribution in [3.8, 4) is 0 Å². The average Bonchev–Trinajstić information content (AvgIpc) is 2.77. The lowest BCUT2D eigenvalue weighted by Crippen LogP contribution is -2.47. The number of guanidine groups is 1. The van der Waals surface area contributed by atoms with Gasteiger partial charge in [-0.15, -0.1) is 24.0 Å². The van der Waals surface area contributed by atoms with Crippen molar-refractivity contribution < 1.29 is 9.47 Å². The SMILES string of the molecule is CCNC(=NCc1ccc(CN(C)C)cc1)N1CCC(OCC2CCCCO2)CC1.I. The molecule has 2 fully saturated rings. The van der Waals surface area contributed by atoms with Crippen molar-refractivity contribution >= 4 is 29.9 Å². The molecule has 0 saturated carbocycles. The van der Waals surface area contributed by atoms with Gasteiger partial charge in [0, 0.05) is 32.8 Å². The van der Waals surface area contributed by atoms with Crippen molar-refractivity contribution in [1.29, 1.82) is 0 Å². The normalized spacial score (nSPS) is 20.6. The number of nitrogens with zero attached hydrogens (tertiary/aromatic N) is 3. The highest BCUT2D eigenvalue weighted by molar-refractivity contribution is 14.0. The predicted molar refractivity (Wildman–Crippen MR) is 138 cm³/mol. The minimum Gasteiger partial charge on any atom is -0.376 e. The van der Waals surface area contributed by atoms with Crippen molar-refractivity contribution in [3.63, 3.8) is 0 Å². The fraction of sp³-hybridized carbons (Fsp3) is 0.708. The maximum atomic E-state index is 6.16. The summed E-state index contributed by atoms with van der Waals surface area (Å²) in [5.41, 5.74) is 2.58. The smallest absolute Gasteiger partial charge is 0.194 e. The van der Waals surface area contributed by atoms with Crippen LogP contribution in [0.2, 0.25) is 0 Å². The maximum Gasteiger partial charge on any atom is 0.194 e. The van der Waals surface area contributed by atoms with E-state index < -0.39 is 0 Å². The van der Waals surface area contributed by atoms with Crippen LogP contribution in [0.3, 0.4) is 0 Å². The quantitative estimate of drug-likeness (QED) is 0.306. The molecule has 6 nitrogen and oxygen atoms in total. The molecule has 7 heteroatoms. The van der Waals surface area contributed by atoms with Gasteiger partial charge in [-0.2, -0.15) is 0 Å². The van der Waals surface area contributed by atoms with Crippen LogP contribution in [0.5, 0.6) is 0 Å². The first-order valence-electron chi connectivity index (χ1n) is 11.6. The standard InChI is InChI=1S/C24H40N4O2.HI/c1-4-25-24(26-17-20-8-10-21(11-9-20)18-27(2)3)28-14-12-22(13-15-28)30-19-23-7-5-6-16-29-23;/h8-11,22-23H,4-7,12-19H2,1-3H3,(H,25,26);1H. The van der Waals surface area contributed by atoms with Crippen LogP contribution in [0.1, 0.15) is 50.2 Å². The summed E-state index contributed by atoms with van der Waals surface area (Å²) < 4.78 is 12.0. The Morgan fingerprint density at radius 2 is 1.84 bits per heavy atom. The summed E-state index contributed by atoms with van der Waals surface area (Å²) in [6.07, 6.45) is 6.37. The molecule has 0 radical (unpaired) electrons. The van der Waals surface area contributed by atoms with Crippen LogP contribution >= 0.6 is 24.0 Å². The molecule has 2 saturated heterocycles. The van der Waals surface area contributed by atoms with E-state index >= 15 is 0 Å². The number of rotatable bonds is 8. The Hall–Kier alpha value is -0.900. The molecule has 0 aliphatic carbocycles. The number of halogens is 1. The van der Waals surface area contributed by atoms with E-state index in [0.29, 0.717) is 18.8 Å². The van der Waals surface area contributed by atoms with E-state index in [1.807, 2.05) is 0 Å². The summed E-state index contributed by atoms with van der Waals surface area (Å²) in [6, 6.07) is 8.80. The number of hydrogen-bond donors (Lipinski definition) is 1. The number of nitrogens with one attached hydrogen (secondary N) is 1. The highest BCUT2D eigenvalue weighted by Gasteiger charge is 2.23. The van der Waals surface area contributed by atoms with Gasteiger partial charge in [-0.05, 0) is 64.3 Å². The summed E-state index contributed by atoms with van der Waals surface area (Å²) >= 11 is 0. The Labute approximate surface area is 205 Å². The van der Waals surface area contributed by atoms with Crippen LogP contribution in [0.25, 0.3) is 0 Å². The second-order valence-electron chi connectivity index (χ2n) is 8.73. The summed E-state index contributed by atoms with van der Waals surface area (Å²) in [5, 5.41) is 3.47. The van der Waals surface area contributed by atoms with Gasteiger partial charge in [0.15, 0.2) is 5.96 Å². The van der Waals surface area contributed by atoms with E-state index in [0.717, 1.165) is 64.6 Å². The van der Waals surface area contributed by atoms with E-state index in [4.69, 9.17) is 14.5 Å². The van der Waals surface area contributed by atoms with Crippen LogP contribution in [-0.2, 0) is 22.6 Å². The van der Waals surface area contributed by atoms with Crippen molar-refractivity contribution in [2.75, 3.05) is 46.9 Å². The van der Waals surface area contributed by atoms with E-state index in [9.17, 15) is 0 Å². The molecule has 2 heterocycles. The fourth-order valence-corrected chi connectivity index (χ4v) is 4.12. The molecule has 1 unspecified atom stereocenters. The zero-order valence-corrected chi connectivity index (χ0v) is 21.8. The van der Waals surface area contributed by atoms with Gasteiger partial charge in [-0.1, -0.05) is 24.3 Å². The van der Waals surface area contributed by atoms with Gasteiger partial charge >= 0.3 is 0 Å². The summed E-state index contributed by atoms with van der Waals surface area (Å²) in [5.74, 6) is 1.02. The van der Waals surface area contributed by atoms with Gasteiger partial charge in [-0.25, -0.2) is 4.99 Å². The topological polar surface area (TPSA) is 49.3 Å². The predicted octanol–water partition coefficient (Wildman–Crippen LogP) is 3.88. The van der Waals surface area contributed by atoms with Gasteiger partial charge in [-0.3, -0.25) is 0 Å². The monoisotopic (exact) mass is 544 g/mol. The van der Waals surface area contributed by atoms with Crippen LogP contribution in [0.15, 0.2) is 29.3 Å². The van der Waals surface area contributed by atoms with E-state index in [1.54, 1.807) is 0 Å². The number of ether oxygens (including phenoxy) is 2. The second kappa shape index (κ2) is 14.3. The Morgan fingerprint density at radius 1 is 1.13 bits per heavy atom. The fourth-order valence-electron chi connectivity index (χ4n) is 4.12. The first kappa shape index (κ1) is 26.4. The third-order valence-electron chi connectivity index (χ3n) is 5.80. The van der Waals surface area contributed by atoms with Crippen LogP contribution in [0.4, 0.5) is 0 Å². The van der Waals surface area contributed by atoms with Crippen LogP contribution in [0, 0.1) is 0 Å². The first-order valence-corrected chi connectivity index (χ1v) is 11.6. The minimum atomic E-state index is 0. The molecule has 0 aromatic heterocycles. The number of hydrogen-bond acceptors (Lipinski definition) is 4. The molecule has 1 N–H and O–H groups in total. The summed E-state index contributed by atoms with van der Waals surface area (Å²) in [7, 11) is 4.19. The molecule has 3 rings (SSSR count). The second-order valence-corrected chi connectivity index (χ2v) is 8.73. The van der Waals surface area contributed by atoms with Crippen molar-refractivity contribution in [1.82, 2.24) is 15.1 Å². The molecular weight excluding hydrogens is 503 g/mol. The van der Waals surface area contributed by atoms with Crippen LogP contribution < -0.4 is 5.32 Å². The molecule has 1 aromatic carbocycles. The van der Waals surface area contributed by atoms with Gasteiger partial charge in [0.2, 0.25) is 0 Å². The summed E-state index contributed by atoms with van der Waals surface area (Å²) in [6.45, 7) is 8.32. The Morgan fingerprint density at radius 3 is 2.45 bits per heavy atom. The lowest BCUT2D eigenvalue weighted by atomic mass is 10.1. The third-order valence-corrected chi connectivity index (χ3v) is 5.80. The number of aliphatic imine (C=N–C) groups is 1. The number of likely N-dealkylation sites (tertiary alicyclic amines) is 1. The Balaban J connectivity index is 0.00000341. The highest BCUT2D eigenvalue weighted by atomic mass is 127. The molecule has 176 valence electrons. The van der Waals surface area contributed by atoms with E-state index in [2.05, 4.69) is 60.4 Å². The van der Waals surface area contributed by atoms with Gasteiger partial charge < -0.3 is 24.6 Å². The molecule has 0 spiro atoms. The van der Waals surface area contributed by atoms with Crippen molar-refractivity contribution in [2.45, 2.75) is 64.3 Å². The lowest BCUT2D eigenvalue weighted by molar-refractivity contribution is -0.0721. The molecule has 1 atom stereocenters. The maximum absolute atomic E-state index is 6.16. The van der Waals surface area contributed by atoms with Crippen molar-refractivity contribution in [2.24, 2.45) is 4.99 Å². The third kappa shape index (κ3) is 9.24. The number of benzene rings is 1. The van der Waals surface area contributed by atoms with E-state index in [1.165, 1.54) is 24.0 Å².